The zero-order valence-electron chi connectivity index (χ0n) is 10.4. The minimum Gasteiger partial charge on any atom is -0.123 e. The van der Waals surface area contributed by atoms with Crippen molar-refractivity contribution < 1.29 is 0 Å². The number of thioether (sulfide) groups is 1. The first-order valence-corrected chi connectivity index (χ1v) is 7.19. The first-order valence-electron chi connectivity index (χ1n) is 6.32. The molecule has 0 aromatic heterocycles. The van der Waals surface area contributed by atoms with E-state index in [0.717, 1.165) is 5.25 Å². The first-order chi connectivity index (χ1) is 7.26. The molecule has 0 aromatic rings. The van der Waals surface area contributed by atoms with Gasteiger partial charge in [-0.25, -0.2) is 0 Å². The van der Waals surface area contributed by atoms with E-state index in [0.29, 0.717) is 0 Å². The summed E-state index contributed by atoms with van der Waals surface area (Å²) in [6.07, 6.45) is 12.8. The maximum Gasteiger partial charge on any atom is 0.0276 e. The maximum absolute atomic E-state index is 2.44. The minimum absolute atomic E-state index is 0.752. The molecule has 1 aliphatic heterocycles. The van der Waals surface area contributed by atoms with E-state index < -0.39 is 0 Å². The van der Waals surface area contributed by atoms with Crippen LogP contribution >= 0.6 is 11.8 Å². The molecular formula is C14H24S. The molecule has 0 amide bonds. The van der Waals surface area contributed by atoms with E-state index in [1.54, 1.807) is 4.91 Å². The summed E-state index contributed by atoms with van der Waals surface area (Å²) in [5.74, 6) is 0. The Morgan fingerprint density at radius 1 is 1.20 bits per heavy atom. The Bertz CT molecular complexity index is 238. The van der Waals surface area contributed by atoms with Gasteiger partial charge in [0.05, 0.1) is 0 Å². The third kappa shape index (κ3) is 4.92. The lowest BCUT2D eigenvalue weighted by Gasteiger charge is -2.20. The molecule has 1 atom stereocenters. The van der Waals surface area contributed by atoms with Crippen molar-refractivity contribution in [1.29, 1.82) is 0 Å². The number of allylic oxidation sites excluding steroid dienone is 3. The highest BCUT2D eigenvalue weighted by Gasteiger charge is 2.13. The molecule has 0 spiro atoms. The lowest BCUT2D eigenvalue weighted by molar-refractivity contribution is 0.734. The molecule has 0 bridgehead atoms. The predicted octanol–water partition coefficient (Wildman–Crippen LogP) is 5.31. The molecular weight excluding hydrogens is 200 g/mol. The standard InChI is InChI=1S/C14H24S/c1-4-6-8-13-10-12(3)11-14(15-13)9-7-5-2/h10-11,13H,4-9H2,1-3H3. The Labute approximate surface area is 99.2 Å². The van der Waals surface area contributed by atoms with Gasteiger partial charge in [0, 0.05) is 5.25 Å². The Balaban J connectivity index is 2.43. The Hall–Kier alpha value is -0.170. The first kappa shape index (κ1) is 12.9. The van der Waals surface area contributed by atoms with E-state index in [-0.39, 0.29) is 0 Å². The average Bonchev–Trinajstić information content (AvgIpc) is 2.23. The topological polar surface area (TPSA) is 0 Å². The molecule has 0 aliphatic carbocycles. The normalized spacial score (nSPS) is 21.1. The van der Waals surface area contributed by atoms with Crippen molar-refractivity contribution in [3.8, 4) is 0 Å². The highest BCUT2D eigenvalue weighted by molar-refractivity contribution is 8.03. The highest BCUT2D eigenvalue weighted by atomic mass is 32.2. The van der Waals surface area contributed by atoms with Crippen LogP contribution in [0.4, 0.5) is 0 Å². The van der Waals surface area contributed by atoms with Gasteiger partial charge in [-0.1, -0.05) is 50.8 Å². The lowest BCUT2D eigenvalue weighted by atomic mass is 10.1. The number of unbranched alkanes of at least 4 members (excludes halogenated alkanes) is 2. The minimum atomic E-state index is 0.752. The van der Waals surface area contributed by atoms with E-state index >= 15 is 0 Å². The Kier molecular flexibility index (Phi) is 6.16. The van der Waals surface area contributed by atoms with Crippen molar-refractivity contribution in [2.45, 2.75) is 64.5 Å². The molecule has 0 fully saturated rings. The quantitative estimate of drug-likeness (QED) is 0.589. The molecule has 86 valence electrons. The van der Waals surface area contributed by atoms with Gasteiger partial charge in [-0.15, -0.1) is 11.8 Å². The molecule has 1 heteroatoms. The molecule has 1 rings (SSSR count). The van der Waals surface area contributed by atoms with E-state index in [1.807, 2.05) is 0 Å². The smallest absolute Gasteiger partial charge is 0.0276 e. The van der Waals surface area contributed by atoms with Gasteiger partial charge in [0.2, 0.25) is 0 Å². The van der Waals surface area contributed by atoms with Gasteiger partial charge in [0.15, 0.2) is 0 Å². The van der Waals surface area contributed by atoms with Crippen LogP contribution in [0.1, 0.15) is 59.3 Å². The van der Waals surface area contributed by atoms with Gasteiger partial charge in [-0.05, 0) is 31.1 Å². The fourth-order valence-electron chi connectivity index (χ4n) is 1.89. The van der Waals surface area contributed by atoms with E-state index in [4.69, 9.17) is 0 Å². The van der Waals surface area contributed by atoms with Crippen molar-refractivity contribution >= 4 is 11.8 Å². The van der Waals surface area contributed by atoms with Crippen LogP contribution in [0.2, 0.25) is 0 Å². The Morgan fingerprint density at radius 3 is 2.60 bits per heavy atom. The van der Waals surface area contributed by atoms with Crippen molar-refractivity contribution in [1.82, 2.24) is 0 Å². The van der Waals surface area contributed by atoms with Crippen molar-refractivity contribution in [3.05, 3.63) is 22.6 Å². The summed E-state index contributed by atoms with van der Waals surface area (Å²) < 4.78 is 0. The van der Waals surface area contributed by atoms with Gasteiger partial charge < -0.3 is 0 Å². The second-order valence-corrected chi connectivity index (χ2v) is 5.79. The van der Waals surface area contributed by atoms with E-state index in [1.165, 1.54) is 44.1 Å². The molecule has 0 nitrogen and oxygen atoms in total. The average molecular weight is 224 g/mol. The summed E-state index contributed by atoms with van der Waals surface area (Å²) in [6.45, 7) is 6.79. The van der Waals surface area contributed by atoms with Crippen molar-refractivity contribution in [2.24, 2.45) is 0 Å². The summed E-state index contributed by atoms with van der Waals surface area (Å²) >= 11 is 2.10. The van der Waals surface area contributed by atoms with Crippen LogP contribution in [0.5, 0.6) is 0 Å². The zero-order valence-corrected chi connectivity index (χ0v) is 11.2. The molecule has 15 heavy (non-hydrogen) atoms. The van der Waals surface area contributed by atoms with E-state index in [2.05, 4.69) is 44.7 Å². The summed E-state index contributed by atoms with van der Waals surface area (Å²) in [7, 11) is 0. The maximum atomic E-state index is 2.44. The third-order valence-corrected chi connectivity index (χ3v) is 4.06. The van der Waals surface area contributed by atoms with Gasteiger partial charge >= 0.3 is 0 Å². The summed E-state index contributed by atoms with van der Waals surface area (Å²) in [5, 5.41) is 0.752. The van der Waals surface area contributed by atoms with Crippen LogP contribution in [0.15, 0.2) is 22.6 Å². The summed E-state index contributed by atoms with van der Waals surface area (Å²) in [5.41, 5.74) is 1.47. The second kappa shape index (κ2) is 7.16. The Morgan fingerprint density at radius 2 is 1.93 bits per heavy atom. The van der Waals surface area contributed by atoms with Gasteiger partial charge in [0.25, 0.3) is 0 Å². The summed E-state index contributed by atoms with van der Waals surface area (Å²) in [6, 6.07) is 0. The number of hydrogen-bond acceptors (Lipinski definition) is 1. The van der Waals surface area contributed by atoms with Gasteiger partial charge in [-0.2, -0.15) is 0 Å². The molecule has 0 radical (unpaired) electrons. The molecule has 0 saturated heterocycles. The van der Waals surface area contributed by atoms with E-state index in [9.17, 15) is 0 Å². The lowest BCUT2D eigenvalue weighted by Crippen LogP contribution is -2.04. The molecule has 0 aromatic carbocycles. The van der Waals surface area contributed by atoms with Crippen molar-refractivity contribution in [2.75, 3.05) is 0 Å². The monoisotopic (exact) mass is 224 g/mol. The third-order valence-electron chi connectivity index (χ3n) is 2.76. The number of hydrogen-bond donors (Lipinski definition) is 0. The highest BCUT2D eigenvalue weighted by Crippen LogP contribution is 2.35. The SMILES string of the molecule is CCCCC1=CC(C)=CC(CCCC)S1. The molecule has 0 saturated carbocycles. The fraction of sp³-hybridized carbons (Fsp3) is 0.714. The fourth-order valence-corrected chi connectivity index (χ4v) is 3.36. The predicted molar refractivity (Wildman–Crippen MR) is 72.3 cm³/mol. The molecule has 0 N–H and O–H groups in total. The van der Waals surface area contributed by atoms with Crippen molar-refractivity contribution in [3.63, 3.8) is 0 Å². The molecule has 1 unspecified atom stereocenters. The van der Waals surface area contributed by atoms with Gasteiger partial charge in [0.1, 0.15) is 0 Å². The molecule has 1 heterocycles. The zero-order chi connectivity index (χ0) is 11.1. The largest absolute Gasteiger partial charge is 0.123 e. The van der Waals surface area contributed by atoms with Gasteiger partial charge in [-0.3, -0.25) is 0 Å². The van der Waals surface area contributed by atoms with Crippen LogP contribution in [0, 0.1) is 0 Å². The van der Waals surface area contributed by atoms with Crippen LogP contribution in [0.25, 0.3) is 0 Å². The van der Waals surface area contributed by atoms with Crippen LogP contribution in [-0.4, -0.2) is 5.25 Å². The number of rotatable bonds is 6. The van der Waals surface area contributed by atoms with Crippen LogP contribution < -0.4 is 0 Å². The van der Waals surface area contributed by atoms with Crippen LogP contribution in [-0.2, 0) is 0 Å². The van der Waals surface area contributed by atoms with Crippen LogP contribution in [0.3, 0.4) is 0 Å². The molecule has 1 aliphatic rings. The second-order valence-electron chi connectivity index (χ2n) is 4.42. The summed E-state index contributed by atoms with van der Waals surface area (Å²) in [4.78, 5) is 1.61.